The second kappa shape index (κ2) is 7.33. The topological polar surface area (TPSA) is 78.9 Å². The van der Waals surface area contributed by atoms with Crippen LogP contribution in [0.4, 0.5) is 4.79 Å². The lowest BCUT2D eigenvalue weighted by Gasteiger charge is -2.32. The molecule has 1 aliphatic rings. The Balaban J connectivity index is 2.46. The predicted octanol–water partition coefficient (Wildman–Crippen LogP) is 1.31. The second-order valence-corrected chi connectivity index (χ2v) is 5.39. The van der Waals surface area contributed by atoms with Crippen LogP contribution in [0.2, 0.25) is 0 Å². The van der Waals surface area contributed by atoms with Crippen molar-refractivity contribution in [2.45, 2.75) is 45.3 Å². The molecule has 0 aliphatic carbocycles. The zero-order valence-electron chi connectivity index (χ0n) is 11.9. The highest BCUT2D eigenvalue weighted by atomic mass is 16.5. The van der Waals surface area contributed by atoms with E-state index in [-0.39, 0.29) is 18.1 Å². The molecule has 0 radical (unpaired) electrons. The minimum Gasteiger partial charge on any atom is -0.480 e. The standard InChI is InChI=1S/C13H24N2O4/c1-9(2)8-11(12(16)17)14-13(18)15-6-4-10(19-3)5-7-15/h9-11H,4-8H2,1-3H3,(H,14,18)(H,16,17). The Morgan fingerprint density at radius 3 is 2.37 bits per heavy atom. The van der Waals surface area contributed by atoms with Gasteiger partial charge in [-0.2, -0.15) is 0 Å². The van der Waals surface area contributed by atoms with Crippen LogP contribution in [0, 0.1) is 5.92 Å². The number of hydrogen-bond donors (Lipinski definition) is 2. The number of amides is 2. The van der Waals surface area contributed by atoms with Crippen molar-refractivity contribution in [1.29, 1.82) is 0 Å². The maximum Gasteiger partial charge on any atom is 0.326 e. The van der Waals surface area contributed by atoms with Crippen LogP contribution >= 0.6 is 0 Å². The lowest BCUT2D eigenvalue weighted by molar-refractivity contribution is -0.139. The Bertz CT molecular complexity index is 312. The van der Waals surface area contributed by atoms with Gasteiger partial charge in [-0.25, -0.2) is 9.59 Å². The molecule has 6 nitrogen and oxygen atoms in total. The maximum atomic E-state index is 12.0. The fourth-order valence-electron chi connectivity index (χ4n) is 2.23. The number of piperidine rings is 1. The van der Waals surface area contributed by atoms with Gasteiger partial charge in [-0.05, 0) is 25.2 Å². The van der Waals surface area contributed by atoms with Gasteiger partial charge in [-0.1, -0.05) is 13.8 Å². The number of carboxylic acid groups (broad SMARTS) is 1. The molecule has 2 N–H and O–H groups in total. The molecule has 19 heavy (non-hydrogen) atoms. The van der Waals surface area contributed by atoms with Crippen LogP contribution in [0.3, 0.4) is 0 Å². The monoisotopic (exact) mass is 272 g/mol. The van der Waals surface area contributed by atoms with E-state index >= 15 is 0 Å². The lowest BCUT2D eigenvalue weighted by atomic mass is 10.0. The number of carboxylic acids is 1. The normalized spacial score (nSPS) is 18.4. The van der Waals surface area contributed by atoms with Crippen molar-refractivity contribution < 1.29 is 19.4 Å². The summed E-state index contributed by atoms with van der Waals surface area (Å²) in [6.07, 6.45) is 2.24. The largest absolute Gasteiger partial charge is 0.480 e. The Morgan fingerprint density at radius 1 is 1.37 bits per heavy atom. The first-order valence-corrected chi connectivity index (χ1v) is 6.75. The highest BCUT2D eigenvalue weighted by Gasteiger charge is 2.26. The molecule has 0 saturated carbocycles. The number of rotatable bonds is 5. The van der Waals surface area contributed by atoms with Crippen molar-refractivity contribution >= 4 is 12.0 Å². The Morgan fingerprint density at radius 2 is 1.95 bits per heavy atom. The average Bonchev–Trinajstić information content (AvgIpc) is 2.37. The van der Waals surface area contributed by atoms with Gasteiger partial charge in [0.1, 0.15) is 6.04 Å². The molecule has 0 spiro atoms. The van der Waals surface area contributed by atoms with E-state index in [1.54, 1.807) is 12.0 Å². The van der Waals surface area contributed by atoms with E-state index in [0.717, 1.165) is 12.8 Å². The summed E-state index contributed by atoms with van der Waals surface area (Å²) < 4.78 is 5.24. The molecule has 1 rings (SSSR count). The van der Waals surface area contributed by atoms with Crippen LogP contribution in [-0.4, -0.2) is 54.4 Å². The molecule has 1 atom stereocenters. The average molecular weight is 272 g/mol. The molecular weight excluding hydrogens is 248 g/mol. The van der Waals surface area contributed by atoms with Gasteiger partial charge in [0.25, 0.3) is 0 Å². The Kier molecular flexibility index (Phi) is 6.08. The predicted molar refractivity (Wildman–Crippen MR) is 71.0 cm³/mol. The third kappa shape index (κ3) is 5.06. The molecule has 110 valence electrons. The SMILES string of the molecule is COC1CCN(C(=O)NC(CC(C)C)C(=O)O)CC1. The summed E-state index contributed by atoms with van der Waals surface area (Å²) in [7, 11) is 1.67. The van der Waals surface area contributed by atoms with Crippen LogP contribution in [0.15, 0.2) is 0 Å². The zero-order valence-corrected chi connectivity index (χ0v) is 11.9. The number of carbonyl (C=O) groups excluding carboxylic acids is 1. The van der Waals surface area contributed by atoms with Crippen molar-refractivity contribution in [3.63, 3.8) is 0 Å². The van der Waals surface area contributed by atoms with Gasteiger partial charge in [0, 0.05) is 20.2 Å². The number of methoxy groups -OCH3 is 1. The van der Waals surface area contributed by atoms with Crippen molar-refractivity contribution in [2.24, 2.45) is 5.92 Å². The summed E-state index contributed by atoms with van der Waals surface area (Å²) in [5.41, 5.74) is 0. The van der Waals surface area contributed by atoms with Crippen LogP contribution < -0.4 is 5.32 Å². The van der Waals surface area contributed by atoms with E-state index in [1.165, 1.54) is 0 Å². The molecular formula is C13H24N2O4. The van der Waals surface area contributed by atoms with E-state index in [2.05, 4.69) is 5.32 Å². The molecule has 1 fully saturated rings. The number of hydrogen-bond acceptors (Lipinski definition) is 3. The van der Waals surface area contributed by atoms with Crippen LogP contribution in [0.25, 0.3) is 0 Å². The second-order valence-electron chi connectivity index (χ2n) is 5.39. The van der Waals surface area contributed by atoms with Crippen molar-refractivity contribution in [1.82, 2.24) is 10.2 Å². The van der Waals surface area contributed by atoms with Crippen LogP contribution in [0.5, 0.6) is 0 Å². The molecule has 1 aliphatic heterocycles. The first kappa shape index (κ1) is 15.8. The number of nitrogens with zero attached hydrogens (tertiary/aromatic N) is 1. The smallest absolute Gasteiger partial charge is 0.326 e. The van der Waals surface area contributed by atoms with E-state index in [4.69, 9.17) is 9.84 Å². The van der Waals surface area contributed by atoms with Gasteiger partial charge in [-0.3, -0.25) is 0 Å². The number of likely N-dealkylation sites (tertiary alicyclic amines) is 1. The molecule has 0 aromatic carbocycles. The molecule has 1 unspecified atom stereocenters. The number of urea groups is 1. The minimum atomic E-state index is -0.978. The Labute approximate surface area is 114 Å². The number of nitrogens with one attached hydrogen (secondary N) is 1. The number of aliphatic carboxylic acids is 1. The highest BCUT2D eigenvalue weighted by molar-refractivity contribution is 5.82. The van der Waals surface area contributed by atoms with Crippen LogP contribution in [0.1, 0.15) is 33.1 Å². The van der Waals surface area contributed by atoms with Crippen molar-refractivity contribution in [3.8, 4) is 0 Å². The number of carbonyl (C=O) groups is 2. The highest BCUT2D eigenvalue weighted by Crippen LogP contribution is 2.13. The minimum absolute atomic E-state index is 0.204. The van der Waals surface area contributed by atoms with E-state index in [9.17, 15) is 9.59 Å². The summed E-state index contributed by atoms with van der Waals surface area (Å²) in [5.74, 6) is -0.755. The van der Waals surface area contributed by atoms with Crippen LogP contribution in [-0.2, 0) is 9.53 Å². The summed E-state index contributed by atoms with van der Waals surface area (Å²) in [6.45, 7) is 5.09. The summed E-state index contributed by atoms with van der Waals surface area (Å²) >= 11 is 0. The van der Waals surface area contributed by atoms with E-state index in [1.807, 2.05) is 13.8 Å². The number of ether oxygens (including phenoxy) is 1. The zero-order chi connectivity index (χ0) is 14.4. The lowest BCUT2D eigenvalue weighted by Crippen LogP contribution is -2.51. The summed E-state index contributed by atoms with van der Waals surface area (Å²) in [4.78, 5) is 24.8. The van der Waals surface area contributed by atoms with Crippen molar-refractivity contribution in [2.75, 3.05) is 20.2 Å². The van der Waals surface area contributed by atoms with Gasteiger partial charge in [0.15, 0.2) is 0 Å². The summed E-state index contributed by atoms with van der Waals surface area (Å²) in [5, 5.41) is 11.7. The third-order valence-electron chi connectivity index (χ3n) is 3.37. The molecule has 2 amide bonds. The first-order valence-electron chi connectivity index (χ1n) is 6.75. The van der Waals surface area contributed by atoms with E-state index in [0.29, 0.717) is 19.5 Å². The summed E-state index contributed by atoms with van der Waals surface area (Å²) in [6, 6.07) is -1.10. The maximum absolute atomic E-state index is 12.0. The van der Waals surface area contributed by atoms with Gasteiger partial charge in [0.2, 0.25) is 0 Å². The van der Waals surface area contributed by atoms with Crippen molar-refractivity contribution in [3.05, 3.63) is 0 Å². The quantitative estimate of drug-likeness (QED) is 0.791. The molecule has 1 saturated heterocycles. The van der Waals surface area contributed by atoms with Gasteiger partial charge in [-0.15, -0.1) is 0 Å². The molecule has 1 heterocycles. The van der Waals surface area contributed by atoms with E-state index < -0.39 is 12.0 Å². The van der Waals surface area contributed by atoms with Gasteiger partial charge < -0.3 is 20.1 Å². The van der Waals surface area contributed by atoms with Gasteiger partial charge >= 0.3 is 12.0 Å². The molecule has 0 aromatic rings. The fraction of sp³-hybridized carbons (Fsp3) is 0.846. The molecule has 0 aromatic heterocycles. The molecule has 0 bridgehead atoms. The van der Waals surface area contributed by atoms with Gasteiger partial charge in [0.05, 0.1) is 6.10 Å². The third-order valence-corrected chi connectivity index (χ3v) is 3.37. The fourth-order valence-corrected chi connectivity index (χ4v) is 2.23. The molecule has 6 heteroatoms. The Hall–Kier alpha value is -1.30. The first-order chi connectivity index (χ1) is 8.93.